The molecule has 0 radical (unpaired) electrons. The first-order valence-electron chi connectivity index (χ1n) is 6.55. The zero-order valence-electron chi connectivity index (χ0n) is 10.8. The number of nitrogens with zero attached hydrogens (tertiary/aromatic N) is 3. The van der Waals surface area contributed by atoms with Gasteiger partial charge in [-0.2, -0.15) is 5.10 Å². The van der Waals surface area contributed by atoms with Crippen molar-refractivity contribution in [2.24, 2.45) is 0 Å². The number of hydrogen-bond donors (Lipinski definition) is 2. The minimum absolute atomic E-state index is 0.438. The van der Waals surface area contributed by atoms with E-state index in [0.717, 1.165) is 23.6 Å². The molecular weight excluding hydrogens is 226 g/mol. The van der Waals surface area contributed by atoms with Gasteiger partial charge in [-0.05, 0) is 39.3 Å². The molecule has 0 aliphatic carbocycles. The summed E-state index contributed by atoms with van der Waals surface area (Å²) in [5.41, 5.74) is 2.06. The van der Waals surface area contributed by atoms with Gasteiger partial charge >= 0.3 is 0 Å². The summed E-state index contributed by atoms with van der Waals surface area (Å²) in [6.45, 7) is 5.34. The van der Waals surface area contributed by atoms with Crippen LogP contribution in [0, 0.1) is 6.92 Å². The van der Waals surface area contributed by atoms with Crippen molar-refractivity contribution in [3.05, 3.63) is 24.2 Å². The van der Waals surface area contributed by atoms with Crippen molar-refractivity contribution in [2.75, 3.05) is 11.9 Å². The fourth-order valence-corrected chi connectivity index (χ4v) is 2.57. The third kappa shape index (κ3) is 2.06. The van der Waals surface area contributed by atoms with E-state index in [1.165, 1.54) is 12.8 Å². The summed E-state index contributed by atoms with van der Waals surface area (Å²) in [4.78, 5) is 4.45. The predicted octanol–water partition coefficient (Wildman–Crippen LogP) is 1.59. The van der Waals surface area contributed by atoms with Crippen LogP contribution < -0.4 is 10.6 Å². The lowest BCUT2D eigenvalue weighted by atomic mass is 10.00. The summed E-state index contributed by atoms with van der Waals surface area (Å²) in [6.07, 6.45) is 6.08. The van der Waals surface area contributed by atoms with Gasteiger partial charge in [0, 0.05) is 24.5 Å². The van der Waals surface area contributed by atoms with Crippen LogP contribution >= 0.6 is 0 Å². The Balaban J connectivity index is 1.89. The van der Waals surface area contributed by atoms with E-state index in [0.29, 0.717) is 12.1 Å². The van der Waals surface area contributed by atoms with E-state index in [1.54, 1.807) is 6.20 Å². The van der Waals surface area contributed by atoms with Crippen molar-refractivity contribution in [2.45, 2.75) is 38.8 Å². The highest BCUT2D eigenvalue weighted by Crippen LogP contribution is 2.19. The fraction of sp³-hybridized carbons (Fsp3) is 0.538. The van der Waals surface area contributed by atoms with Crippen LogP contribution in [0.15, 0.2) is 18.5 Å². The smallest absolute Gasteiger partial charge is 0.152 e. The summed E-state index contributed by atoms with van der Waals surface area (Å²) in [6, 6.07) is 2.98. The van der Waals surface area contributed by atoms with Crippen LogP contribution in [-0.4, -0.2) is 33.2 Å². The third-order valence-electron chi connectivity index (χ3n) is 3.60. The predicted molar refractivity (Wildman–Crippen MR) is 71.8 cm³/mol. The van der Waals surface area contributed by atoms with Crippen LogP contribution in [0.3, 0.4) is 0 Å². The second-order valence-corrected chi connectivity index (χ2v) is 5.03. The standard InChI is InChI=1S/C13H19N5/c1-9-8-12-13(15-6-7-18(12)17-9)16-11-4-3-5-14-10(11)2/h6-8,10-11,14H,3-5H2,1-2H3,(H,15,16). The lowest BCUT2D eigenvalue weighted by molar-refractivity contribution is 0.389. The molecule has 0 amide bonds. The molecule has 5 nitrogen and oxygen atoms in total. The van der Waals surface area contributed by atoms with Crippen molar-refractivity contribution < 1.29 is 0 Å². The Morgan fingerprint density at radius 1 is 1.50 bits per heavy atom. The normalized spacial score (nSPS) is 24.3. The van der Waals surface area contributed by atoms with E-state index < -0.39 is 0 Å². The first-order chi connectivity index (χ1) is 8.74. The van der Waals surface area contributed by atoms with Crippen LogP contribution in [0.5, 0.6) is 0 Å². The highest BCUT2D eigenvalue weighted by Gasteiger charge is 2.21. The Morgan fingerprint density at radius 2 is 2.39 bits per heavy atom. The molecule has 5 heteroatoms. The van der Waals surface area contributed by atoms with Gasteiger partial charge in [0.1, 0.15) is 5.52 Å². The molecule has 3 heterocycles. The number of hydrogen-bond acceptors (Lipinski definition) is 4. The van der Waals surface area contributed by atoms with Gasteiger partial charge < -0.3 is 10.6 Å². The molecule has 2 unspecified atom stereocenters. The third-order valence-corrected chi connectivity index (χ3v) is 3.60. The number of fused-ring (bicyclic) bond motifs is 1. The molecule has 1 saturated heterocycles. The summed E-state index contributed by atoms with van der Waals surface area (Å²) in [7, 11) is 0. The molecule has 1 aliphatic rings. The molecule has 3 rings (SSSR count). The topological polar surface area (TPSA) is 54.2 Å². The summed E-state index contributed by atoms with van der Waals surface area (Å²) < 4.78 is 1.88. The molecule has 2 N–H and O–H groups in total. The molecule has 1 aliphatic heterocycles. The lowest BCUT2D eigenvalue weighted by Gasteiger charge is -2.31. The summed E-state index contributed by atoms with van der Waals surface area (Å²) in [5, 5.41) is 11.5. The van der Waals surface area contributed by atoms with Gasteiger partial charge in [0.25, 0.3) is 0 Å². The number of piperidine rings is 1. The van der Waals surface area contributed by atoms with Crippen LogP contribution in [0.25, 0.3) is 5.52 Å². The number of aromatic nitrogens is 3. The minimum Gasteiger partial charge on any atom is -0.364 e. The van der Waals surface area contributed by atoms with E-state index in [9.17, 15) is 0 Å². The molecular formula is C13H19N5. The average molecular weight is 245 g/mol. The van der Waals surface area contributed by atoms with Crippen molar-refractivity contribution in [1.29, 1.82) is 0 Å². The van der Waals surface area contributed by atoms with E-state index >= 15 is 0 Å². The maximum absolute atomic E-state index is 4.45. The highest BCUT2D eigenvalue weighted by molar-refractivity contribution is 5.68. The zero-order valence-corrected chi connectivity index (χ0v) is 10.8. The molecule has 1 fully saturated rings. The first-order valence-corrected chi connectivity index (χ1v) is 6.55. The molecule has 2 atom stereocenters. The van der Waals surface area contributed by atoms with Crippen LogP contribution in [-0.2, 0) is 0 Å². The van der Waals surface area contributed by atoms with Crippen LogP contribution in [0.1, 0.15) is 25.5 Å². The summed E-state index contributed by atoms with van der Waals surface area (Å²) >= 11 is 0. The van der Waals surface area contributed by atoms with Gasteiger partial charge in [-0.3, -0.25) is 0 Å². The first kappa shape index (κ1) is 11.5. The van der Waals surface area contributed by atoms with E-state index in [1.807, 2.05) is 17.6 Å². The Morgan fingerprint density at radius 3 is 3.22 bits per heavy atom. The maximum Gasteiger partial charge on any atom is 0.152 e. The molecule has 0 bridgehead atoms. The van der Waals surface area contributed by atoms with E-state index in [-0.39, 0.29) is 0 Å². The minimum atomic E-state index is 0.438. The second kappa shape index (κ2) is 4.57. The molecule has 0 saturated carbocycles. The molecule has 0 aromatic carbocycles. The van der Waals surface area contributed by atoms with Gasteiger partial charge in [0.15, 0.2) is 5.82 Å². The molecule has 2 aromatic heterocycles. The van der Waals surface area contributed by atoms with Gasteiger partial charge in [0.2, 0.25) is 0 Å². The Kier molecular flexibility index (Phi) is 2.91. The van der Waals surface area contributed by atoms with Crippen LogP contribution in [0.4, 0.5) is 5.82 Å². The van der Waals surface area contributed by atoms with Crippen molar-refractivity contribution in [1.82, 2.24) is 19.9 Å². The van der Waals surface area contributed by atoms with Gasteiger partial charge in [0.05, 0.1) is 5.69 Å². The SMILES string of the molecule is Cc1cc2c(NC3CCCNC3C)nccn2n1. The van der Waals surface area contributed by atoms with Crippen molar-refractivity contribution in [3.63, 3.8) is 0 Å². The van der Waals surface area contributed by atoms with Gasteiger partial charge in [-0.15, -0.1) is 0 Å². The average Bonchev–Trinajstić information content (AvgIpc) is 2.73. The second-order valence-electron chi connectivity index (χ2n) is 5.03. The molecule has 0 spiro atoms. The number of rotatable bonds is 2. The quantitative estimate of drug-likeness (QED) is 0.843. The molecule has 2 aromatic rings. The monoisotopic (exact) mass is 245 g/mol. The number of aryl methyl sites for hydroxylation is 1. The van der Waals surface area contributed by atoms with Gasteiger partial charge in [-0.25, -0.2) is 9.50 Å². The maximum atomic E-state index is 4.45. The zero-order chi connectivity index (χ0) is 12.5. The molecule has 96 valence electrons. The summed E-state index contributed by atoms with van der Waals surface area (Å²) in [5.74, 6) is 0.929. The van der Waals surface area contributed by atoms with E-state index in [2.05, 4.69) is 33.7 Å². The van der Waals surface area contributed by atoms with Crippen molar-refractivity contribution in [3.8, 4) is 0 Å². The van der Waals surface area contributed by atoms with E-state index in [4.69, 9.17) is 0 Å². The Hall–Kier alpha value is -1.62. The number of anilines is 1. The Labute approximate surface area is 107 Å². The van der Waals surface area contributed by atoms with Crippen LogP contribution in [0.2, 0.25) is 0 Å². The lowest BCUT2D eigenvalue weighted by Crippen LogP contribution is -2.46. The van der Waals surface area contributed by atoms with Gasteiger partial charge in [-0.1, -0.05) is 0 Å². The number of nitrogens with one attached hydrogen (secondary N) is 2. The fourth-order valence-electron chi connectivity index (χ4n) is 2.57. The molecule has 18 heavy (non-hydrogen) atoms. The highest BCUT2D eigenvalue weighted by atomic mass is 15.2. The Bertz CT molecular complexity index is 547. The largest absolute Gasteiger partial charge is 0.364 e. The van der Waals surface area contributed by atoms with Crippen molar-refractivity contribution >= 4 is 11.3 Å².